The highest BCUT2D eigenvalue weighted by Gasteiger charge is 2.18. The van der Waals surface area contributed by atoms with Crippen molar-refractivity contribution >= 4 is 88.7 Å². The van der Waals surface area contributed by atoms with E-state index in [1.165, 1.54) is 82.1 Å². The third-order valence-corrected chi connectivity index (χ3v) is 15.1. The Hall–Kier alpha value is -10.2. The van der Waals surface area contributed by atoms with E-state index in [0.717, 1.165) is 45.1 Å². The summed E-state index contributed by atoms with van der Waals surface area (Å²) in [4.78, 5) is 2.36. The molecule has 0 atom stereocenters. The zero-order valence-electron chi connectivity index (χ0n) is 41.7. The van der Waals surface area contributed by atoms with Gasteiger partial charge < -0.3 is 18.6 Å². The first-order chi connectivity index (χ1) is 37.7. The number of benzene rings is 11. The van der Waals surface area contributed by atoms with Crippen molar-refractivity contribution in [2.75, 3.05) is 4.90 Å². The first kappa shape index (κ1) is 44.5. The van der Waals surface area contributed by atoms with Crippen molar-refractivity contribution < 1.29 is 0 Å². The molecule has 0 N–H and O–H groups in total. The zero-order valence-corrected chi connectivity index (χ0v) is 41.7. The fourth-order valence-corrected chi connectivity index (χ4v) is 11.5. The zero-order chi connectivity index (χ0) is 50.5. The molecule has 0 fully saturated rings. The Morgan fingerprint density at radius 3 is 1.12 bits per heavy atom. The largest absolute Gasteiger partial charge is 0.316 e. The Bertz CT molecular complexity index is 4490. The summed E-state index contributed by atoms with van der Waals surface area (Å²) in [5, 5.41) is 7.46. The SMILES string of the molecule is C=CC=CC=Cn1c2ccccc2c2cc(-c3ccc(N(c4ccc(-c5ccc(-n6c7ccccc7c7ccccc76)cc5)cc4)c4ccc(-c5ccc6c(c5)c5ccccc5n6-c5ccccc5)cc4)cc3)ccc21. The summed E-state index contributed by atoms with van der Waals surface area (Å²) in [7, 11) is 0. The standard InChI is InChI=1S/C72H50N4/c1-2-3-4-16-47-73-67-23-12-8-21-63(67)65-48-54(35-45-68(65)73)52-31-39-58(40-32-52)74(57-37-27-50(28-38-57)51-29-43-60(44-30-51)76-69-24-13-9-19-61(69)62-20-10-14-25-70(62)76)59-41-33-53(34-42-59)55-36-46-72-66(49-55)64-22-11-15-26-71(64)75(72)56-17-6-5-7-18-56/h2-49H,1H2. The van der Waals surface area contributed by atoms with Gasteiger partial charge in [0.15, 0.2) is 0 Å². The van der Waals surface area contributed by atoms with Crippen LogP contribution in [0.15, 0.2) is 292 Å². The Morgan fingerprint density at radius 1 is 0.276 bits per heavy atom. The Morgan fingerprint density at radius 2 is 0.618 bits per heavy atom. The molecular weight excluding hydrogens is 921 g/mol. The fraction of sp³-hybridized carbons (Fsp3) is 0. The molecule has 358 valence electrons. The maximum Gasteiger partial charge on any atom is 0.0541 e. The highest BCUT2D eigenvalue weighted by Crippen LogP contribution is 2.41. The quantitative estimate of drug-likeness (QED) is 0.118. The lowest BCUT2D eigenvalue weighted by atomic mass is 10.0. The molecule has 0 amide bonds. The van der Waals surface area contributed by atoms with Crippen molar-refractivity contribution in [1.82, 2.24) is 13.7 Å². The van der Waals surface area contributed by atoms with E-state index < -0.39 is 0 Å². The molecule has 0 saturated heterocycles. The average molecular weight is 971 g/mol. The minimum atomic E-state index is 1.07. The second-order valence-electron chi connectivity index (χ2n) is 19.4. The van der Waals surface area contributed by atoms with Crippen molar-refractivity contribution in [3.05, 3.63) is 292 Å². The molecule has 11 aromatic carbocycles. The van der Waals surface area contributed by atoms with Gasteiger partial charge in [0.2, 0.25) is 0 Å². The van der Waals surface area contributed by atoms with Crippen molar-refractivity contribution in [3.63, 3.8) is 0 Å². The third kappa shape index (κ3) is 7.62. The van der Waals surface area contributed by atoms with Crippen LogP contribution in [-0.4, -0.2) is 13.7 Å². The van der Waals surface area contributed by atoms with Crippen molar-refractivity contribution in [2.24, 2.45) is 0 Å². The number of aromatic nitrogens is 3. The van der Waals surface area contributed by atoms with Crippen molar-refractivity contribution in [1.29, 1.82) is 0 Å². The summed E-state index contributed by atoms with van der Waals surface area (Å²) in [6.07, 6.45) is 9.93. The van der Waals surface area contributed by atoms with E-state index in [9.17, 15) is 0 Å². The topological polar surface area (TPSA) is 18.0 Å². The van der Waals surface area contributed by atoms with Gasteiger partial charge in [-0.15, -0.1) is 0 Å². The van der Waals surface area contributed by atoms with Crippen LogP contribution in [0.2, 0.25) is 0 Å². The van der Waals surface area contributed by atoms with Gasteiger partial charge in [-0.3, -0.25) is 0 Å². The lowest BCUT2D eigenvalue weighted by Gasteiger charge is -2.26. The molecule has 0 bridgehead atoms. The summed E-state index contributed by atoms with van der Waals surface area (Å²) in [5.74, 6) is 0. The summed E-state index contributed by atoms with van der Waals surface area (Å²) in [6, 6.07) is 95.1. The van der Waals surface area contributed by atoms with Crippen LogP contribution in [0.25, 0.3) is 116 Å². The maximum atomic E-state index is 3.82. The lowest BCUT2D eigenvalue weighted by Crippen LogP contribution is -2.09. The lowest BCUT2D eigenvalue weighted by molar-refractivity contribution is 1.18. The van der Waals surface area contributed by atoms with Crippen LogP contribution < -0.4 is 4.90 Å². The predicted octanol–water partition coefficient (Wildman–Crippen LogP) is 19.7. The van der Waals surface area contributed by atoms with E-state index in [0.29, 0.717) is 0 Å². The van der Waals surface area contributed by atoms with Gasteiger partial charge in [0.05, 0.1) is 33.1 Å². The van der Waals surface area contributed by atoms with E-state index in [1.54, 1.807) is 6.08 Å². The van der Waals surface area contributed by atoms with Gasteiger partial charge in [-0.2, -0.15) is 0 Å². The Kier molecular flexibility index (Phi) is 11.0. The van der Waals surface area contributed by atoms with Gasteiger partial charge >= 0.3 is 0 Å². The number of hydrogen-bond acceptors (Lipinski definition) is 1. The van der Waals surface area contributed by atoms with Crippen LogP contribution in [0.3, 0.4) is 0 Å². The molecule has 14 aromatic rings. The summed E-state index contributed by atoms with van der Waals surface area (Å²) in [6.45, 7) is 3.82. The summed E-state index contributed by atoms with van der Waals surface area (Å²) in [5.41, 5.74) is 19.7. The second-order valence-corrected chi connectivity index (χ2v) is 19.4. The fourth-order valence-electron chi connectivity index (χ4n) is 11.5. The summed E-state index contributed by atoms with van der Waals surface area (Å²) < 4.78 is 7.01. The Labute approximate surface area is 441 Å². The number of nitrogens with zero attached hydrogens (tertiary/aromatic N) is 4. The van der Waals surface area contributed by atoms with E-state index in [4.69, 9.17) is 0 Å². The minimum Gasteiger partial charge on any atom is -0.316 e. The molecule has 4 heteroatoms. The number of para-hydroxylation sites is 5. The van der Waals surface area contributed by atoms with Gasteiger partial charge in [0.1, 0.15) is 0 Å². The molecule has 76 heavy (non-hydrogen) atoms. The molecule has 3 aromatic heterocycles. The molecular formula is C72H50N4. The van der Waals surface area contributed by atoms with Crippen LogP contribution >= 0.6 is 0 Å². The third-order valence-electron chi connectivity index (χ3n) is 15.1. The number of allylic oxidation sites excluding steroid dienone is 4. The molecule has 0 spiro atoms. The smallest absolute Gasteiger partial charge is 0.0541 e. The number of rotatable bonds is 11. The van der Waals surface area contributed by atoms with Crippen LogP contribution in [-0.2, 0) is 0 Å². The number of anilines is 3. The average Bonchev–Trinajstić information content (AvgIpc) is 4.17. The second kappa shape index (κ2) is 18.7. The van der Waals surface area contributed by atoms with Crippen LogP contribution in [0, 0.1) is 0 Å². The van der Waals surface area contributed by atoms with E-state index >= 15 is 0 Å². The van der Waals surface area contributed by atoms with E-state index in [2.05, 4.69) is 298 Å². The highest BCUT2D eigenvalue weighted by atomic mass is 15.1. The molecule has 4 nitrogen and oxygen atoms in total. The van der Waals surface area contributed by atoms with Gasteiger partial charge in [-0.25, -0.2) is 0 Å². The molecule has 0 unspecified atom stereocenters. The van der Waals surface area contributed by atoms with E-state index in [-0.39, 0.29) is 0 Å². The van der Waals surface area contributed by atoms with Crippen LogP contribution in [0.4, 0.5) is 17.1 Å². The molecule has 3 heterocycles. The number of fused-ring (bicyclic) bond motifs is 9. The van der Waals surface area contributed by atoms with Gasteiger partial charge in [-0.05, 0) is 149 Å². The molecule has 0 radical (unpaired) electrons. The highest BCUT2D eigenvalue weighted by molar-refractivity contribution is 6.12. The first-order valence-electron chi connectivity index (χ1n) is 25.9. The summed E-state index contributed by atoms with van der Waals surface area (Å²) >= 11 is 0. The molecule has 0 aliphatic rings. The van der Waals surface area contributed by atoms with Crippen LogP contribution in [0.1, 0.15) is 0 Å². The van der Waals surface area contributed by atoms with Gasteiger partial charge in [-0.1, -0.05) is 176 Å². The predicted molar refractivity (Wildman–Crippen MR) is 324 cm³/mol. The molecule has 14 rings (SSSR count). The molecule has 0 saturated carbocycles. The maximum absolute atomic E-state index is 3.82. The monoisotopic (exact) mass is 970 g/mol. The minimum absolute atomic E-state index is 1.07. The van der Waals surface area contributed by atoms with Crippen molar-refractivity contribution in [2.45, 2.75) is 0 Å². The molecule has 0 aliphatic heterocycles. The number of hydrogen-bond donors (Lipinski definition) is 0. The normalized spacial score (nSPS) is 11.9. The van der Waals surface area contributed by atoms with E-state index in [1.807, 2.05) is 12.2 Å². The molecule has 0 aliphatic carbocycles. The van der Waals surface area contributed by atoms with Gasteiger partial charge in [0, 0.05) is 67.0 Å². The van der Waals surface area contributed by atoms with Crippen molar-refractivity contribution in [3.8, 4) is 44.8 Å². The Balaban J connectivity index is 0.821. The first-order valence-corrected chi connectivity index (χ1v) is 25.9. The van der Waals surface area contributed by atoms with Gasteiger partial charge in [0.25, 0.3) is 0 Å². The van der Waals surface area contributed by atoms with Crippen LogP contribution in [0.5, 0.6) is 0 Å².